The van der Waals surface area contributed by atoms with Crippen molar-refractivity contribution in [2.75, 3.05) is 6.54 Å². The van der Waals surface area contributed by atoms with Crippen LogP contribution in [0.15, 0.2) is 28.2 Å². The molecule has 102 valence electrons. The highest BCUT2D eigenvalue weighted by Crippen LogP contribution is 2.33. The van der Waals surface area contributed by atoms with Crippen LogP contribution >= 0.6 is 27.3 Å². The third-order valence-corrected chi connectivity index (χ3v) is 4.97. The van der Waals surface area contributed by atoms with E-state index in [0.717, 1.165) is 23.1 Å². The van der Waals surface area contributed by atoms with Crippen LogP contribution < -0.4 is 5.32 Å². The summed E-state index contributed by atoms with van der Waals surface area (Å²) < 4.78 is 1.16. The lowest BCUT2D eigenvalue weighted by Gasteiger charge is -2.19. The number of rotatable bonds is 5. The average Bonchev–Trinajstić information content (AvgIpc) is 2.78. The SMILES string of the molecule is CCCNC(c1ncc(C)cc1C)c1sccc1Br. The van der Waals surface area contributed by atoms with E-state index in [4.69, 9.17) is 0 Å². The number of aromatic nitrogens is 1. The van der Waals surface area contributed by atoms with Crippen LogP contribution in [-0.2, 0) is 0 Å². The summed E-state index contributed by atoms with van der Waals surface area (Å²) in [5.74, 6) is 0. The van der Waals surface area contributed by atoms with Crippen LogP contribution in [0.1, 0.15) is 41.1 Å². The van der Waals surface area contributed by atoms with Crippen molar-refractivity contribution >= 4 is 27.3 Å². The van der Waals surface area contributed by atoms with E-state index in [2.05, 4.69) is 64.5 Å². The van der Waals surface area contributed by atoms with Crippen molar-refractivity contribution in [1.29, 1.82) is 0 Å². The van der Waals surface area contributed by atoms with Crippen LogP contribution in [0.5, 0.6) is 0 Å². The first kappa shape index (κ1) is 14.7. The molecule has 2 aromatic heterocycles. The molecule has 2 heterocycles. The smallest absolute Gasteiger partial charge is 0.0859 e. The maximum Gasteiger partial charge on any atom is 0.0859 e. The minimum atomic E-state index is 0.176. The van der Waals surface area contributed by atoms with Crippen LogP contribution in [-0.4, -0.2) is 11.5 Å². The van der Waals surface area contributed by atoms with Gasteiger partial charge in [0.1, 0.15) is 0 Å². The van der Waals surface area contributed by atoms with Gasteiger partial charge in [-0.3, -0.25) is 4.98 Å². The zero-order valence-corrected chi connectivity index (χ0v) is 13.9. The van der Waals surface area contributed by atoms with Gasteiger partial charge >= 0.3 is 0 Å². The summed E-state index contributed by atoms with van der Waals surface area (Å²) in [7, 11) is 0. The third kappa shape index (κ3) is 3.44. The molecule has 2 nitrogen and oxygen atoms in total. The first-order valence-corrected chi connectivity index (χ1v) is 8.20. The molecule has 0 spiro atoms. The predicted octanol–water partition coefficient (Wildman–Crippen LogP) is 4.61. The Labute approximate surface area is 127 Å². The molecule has 0 saturated heterocycles. The van der Waals surface area contributed by atoms with Crippen LogP contribution in [0.4, 0.5) is 0 Å². The molecule has 0 aliphatic carbocycles. The van der Waals surface area contributed by atoms with Crippen LogP contribution in [0.3, 0.4) is 0 Å². The molecule has 0 saturated carbocycles. The lowest BCUT2D eigenvalue weighted by atomic mass is 10.0. The lowest BCUT2D eigenvalue weighted by Crippen LogP contribution is -2.24. The maximum atomic E-state index is 4.65. The van der Waals surface area contributed by atoms with E-state index >= 15 is 0 Å². The molecule has 19 heavy (non-hydrogen) atoms. The van der Waals surface area contributed by atoms with Crippen molar-refractivity contribution < 1.29 is 0 Å². The molecule has 1 atom stereocenters. The summed E-state index contributed by atoms with van der Waals surface area (Å²) in [6.45, 7) is 7.39. The van der Waals surface area contributed by atoms with Crippen molar-refractivity contribution in [3.63, 3.8) is 0 Å². The second-order valence-electron chi connectivity index (χ2n) is 4.73. The van der Waals surface area contributed by atoms with Crippen LogP contribution in [0.25, 0.3) is 0 Å². The predicted molar refractivity (Wildman–Crippen MR) is 85.9 cm³/mol. The van der Waals surface area contributed by atoms with E-state index in [1.807, 2.05) is 6.20 Å². The fourth-order valence-corrected chi connectivity index (χ4v) is 3.82. The summed E-state index contributed by atoms with van der Waals surface area (Å²) >= 11 is 5.40. The van der Waals surface area contributed by atoms with Gasteiger partial charge in [-0.05, 0) is 65.3 Å². The highest BCUT2D eigenvalue weighted by molar-refractivity contribution is 9.10. The molecule has 4 heteroatoms. The fourth-order valence-electron chi connectivity index (χ4n) is 2.14. The van der Waals surface area contributed by atoms with Crippen molar-refractivity contribution in [1.82, 2.24) is 10.3 Å². The third-order valence-electron chi connectivity index (χ3n) is 3.03. The Morgan fingerprint density at radius 1 is 1.42 bits per heavy atom. The normalized spacial score (nSPS) is 12.6. The highest BCUT2D eigenvalue weighted by Gasteiger charge is 2.20. The molecule has 0 aromatic carbocycles. The Bertz CT molecular complexity index is 551. The molecule has 1 N–H and O–H groups in total. The monoisotopic (exact) mass is 338 g/mol. The molecule has 0 aliphatic rings. The second kappa shape index (κ2) is 6.64. The minimum absolute atomic E-state index is 0.176. The average molecular weight is 339 g/mol. The summed E-state index contributed by atoms with van der Waals surface area (Å²) in [6.07, 6.45) is 3.06. The van der Waals surface area contributed by atoms with Crippen LogP contribution in [0.2, 0.25) is 0 Å². The number of hydrogen-bond acceptors (Lipinski definition) is 3. The van der Waals surface area contributed by atoms with Gasteiger partial charge in [0.05, 0.1) is 11.7 Å². The van der Waals surface area contributed by atoms with Gasteiger partial charge in [0.15, 0.2) is 0 Å². The van der Waals surface area contributed by atoms with Gasteiger partial charge in [0.2, 0.25) is 0 Å². The number of nitrogens with one attached hydrogen (secondary N) is 1. The van der Waals surface area contributed by atoms with Gasteiger partial charge in [0.25, 0.3) is 0 Å². The lowest BCUT2D eigenvalue weighted by molar-refractivity contribution is 0.589. The van der Waals surface area contributed by atoms with E-state index < -0.39 is 0 Å². The van der Waals surface area contributed by atoms with E-state index in [9.17, 15) is 0 Å². The summed E-state index contributed by atoms with van der Waals surface area (Å²) in [4.78, 5) is 5.95. The number of pyridine rings is 1. The van der Waals surface area contributed by atoms with Gasteiger partial charge < -0.3 is 5.32 Å². The zero-order chi connectivity index (χ0) is 13.8. The fraction of sp³-hybridized carbons (Fsp3) is 0.400. The van der Waals surface area contributed by atoms with Crippen LogP contribution in [0, 0.1) is 13.8 Å². The standard InChI is InChI=1S/C15H19BrN2S/c1-4-6-17-14(15-12(16)5-7-19-15)13-11(3)8-10(2)9-18-13/h5,7-9,14,17H,4,6H2,1-3H3. The van der Waals surface area contributed by atoms with E-state index in [0.29, 0.717) is 0 Å². The number of thiophene rings is 1. The Morgan fingerprint density at radius 3 is 2.79 bits per heavy atom. The molecular formula is C15H19BrN2S. The number of hydrogen-bond donors (Lipinski definition) is 1. The molecule has 0 amide bonds. The van der Waals surface area contributed by atoms with Gasteiger partial charge in [0, 0.05) is 15.5 Å². The van der Waals surface area contributed by atoms with Crippen molar-refractivity contribution in [3.05, 3.63) is 49.9 Å². The van der Waals surface area contributed by atoms with Gasteiger partial charge in [-0.25, -0.2) is 0 Å². The van der Waals surface area contributed by atoms with E-state index in [-0.39, 0.29) is 6.04 Å². The Kier molecular flexibility index (Phi) is 5.13. The van der Waals surface area contributed by atoms with Crippen molar-refractivity contribution in [2.45, 2.75) is 33.2 Å². The number of aryl methyl sites for hydroxylation is 2. The molecule has 0 bridgehead atoms. The first-order chi connectivity index (χ1) is 9.13. The maximum absolute atomic E-state index is 4.65. The van der Waals surface area contributed by atoms with E-state index in [1.165, 1.54) is 16.0 Å². The molecular weight excluding hydrogens is 320 g/mol. The zero-order valence-electron chi connectivity index (χ0n) is 11.5. The summed E-state index contributed by atoms with van der Waals surface area (Å²) in [5, 5.41) is 5.72. The quantitative estimate of drug-likeness (QED) is 0.860. The minimum Gasteiger partial charge on any atom is -0.304 e. The summed E-state index contributed by atoms with van der Waals surface area (Å²) in [5.41, 5.74) is 3.58. The number of halogens is 1. The second-order valence-corrected chi connectivity index (χ2v) is 6.54. The number of nitrogens with zero attached hydrogens (tertiary/aromatic N) is 1. The molecule has 0 radical (unpaired) electrons. The topological polar surface area (TPSA) is 24.9 Å². The molecule has 2 aromatic rings. The molecule has 0 fully saturated rings. The van der Waals surface area contributed by atoms with Crippen molar-refractivity contribution in [3.8, 4) is 0 Å². The first-order valence-electron chi connectivity index (χ1n) is 6.53. The Hall–Kier alpha value is -0.710. The molecule has 1 unspecified atom stereocenters. The Balaban J connectivity index is 2.40. The van der Waals surface area contributed by atoms with Gasteiger partial charge in [-0.15, -0.1) is 11.3 Å². The molecule has 2 rings (SSSR count). The Morgan fingerprint density at radius 2 is 2.21 bits per heavy atom. The summed E-state index contributed by atoms with van der Waals surface area (Å²) in [6, 6.07) is 4.48. The molecule has 0 aliphatic heterocycles. The van der Waals surface area contributed by atoms with Crippen molar-refractivity contribution in [2.24, 2.45) is 0 Å². The van der Waals surface area contributed by atoms with Gasteiger partial charge in [-0.2, -0.15) is 0 Å². The van der Waals surface area contributed by atoms with Gasteiger partial charge in [-0.1, -0.05) is 13.0 Å². The highest BCUT2D eigenvalue weighted by atomic mass is 79.9. The van der Waals surface area contributed by atoms with E-state index in [1.54, 1.807) is 11.3 Å². The largest absolute Gasteiger partial charge is 0.304 e.